The average Bonchev–Trinajstić information content (AvgIpc) is 2.32. The Morgan fingerprint density at radius 1 is 1.17 bits per heavy atom. The summed E-state index contributed by atoms with van der Waals surface area (Å²) in [5.74, 6) is -0.145. The van der Waals surface area contributed by atoms with E-state index in [1.54, 1.807) is 12.1 Å². The molecule has 0 radical (unpaired) electrons. The number of nitrogens with one attached hydrogen (secondary N) is 2. The van der Waals surface area contributed by atoms with E-state index in [4.69, 9.17) is 0 Å². The lowest BCUT2D eigenvalue weighted by molar-refractivity contribution is 0.0953. The number of benzene rings is 1. The molecular weight excluding hydrogens is 248 g/mol. The quantitative estimate of drug-likeness (QED) is 0.823. The number of hydrogen-bond donors (Lipinski definition) is 2. The van der Waals surface area contributed by atoms with Crippen LogP contribution in [-0.4, -0.2) is 24.2 Å². The molecule has 0 saturated carbocycles. The Morgan fingerprint density at radius 2 is 1.83 bits per heavy atom. The van der Waals surface area contributed by atoms with Crippen molar-refractivity contribution < 1.29 is 9.59 Å². The van der Waals surface area contributed by atoms with Crippen molar-refractivity contribution in [1.29, 1.82) is 0 Å². The van der Waals surface area contributed by atoms with E-state index < -0.39 is 0 Å². The van der Waals surface area contributed by atoms with Gasteiger partial charge >= 0.3 is 0 Å². The minimum Gasteiger partial charge on any atom is -0.352 e. The van der Waals surface area contributed by atoms with Crippen molar-refractivity contribution >= 4 is 22.9 Å². The first-order chi connectivity index (χ1) is 8.58. The van der Waals surface area contributed by atoms with Crippen LogP contribution in [0.4, 0.5) is 4.79 Å². The van der Waals surface area contributed by atoms with E-state index in [1.807, 2.05) is 26.8 Å². The molecule has 2 N–H and O–H groups in total. The van der Waals surface area contributed by atoms with Crippen LogP contribution in [0.1, 0.15) is 29.8 Å². The van der Waals surface area contributed by atoms with Gasteiger partial charge in [-0.3, -0.25) is 9.59 Å². The van der Waals surface area contributed by atoms with Crippen molar-refractivity contribution in [3.05, 3.63) is 29.3 Å². The zero-order chi connectivity index (χ0) is 13.5. The number of aryl methyl sites for hydroxylation is 1. The van der Waals surface area contributed by atoms with Crippen LogP contribution < -0.4 is 10.6 Å². The molecule has 1 aromatic rings. The number of hydrogen-bond acceptors (Lipinski definition) is 3. The highest BCUT2D eigenvalue weighted by Gasteiger charge is 2.14. The zero-order valence-corrected chi connectivity index (χ0v) is 11.7. The maximum Gasteiger partial charge on any atom is 0.283 e. The van der Waals surface area contributed by atoms with Crippen LogP contribution in [0.25, 0.3) is 0 Å². The third-order valence-corrected chi connectivity index (χ3v) is 3.15. The van der Waals surface area contributed by atoms with Crippen LogP contribution in [0.5, 0.6) is 0 Å². The fourth-order valence-electron chi connectivity index (χ4n) is 1.45. The Hall–Kier alpha value is -1.49. The summed E-state index contributed by atoms with van der Waals surface area (Å²) in [5, 5.41) is 5.30. The Balaban J connectivity index is 2.96. The lowest BCUT2D eigenvalue weighted by atomic mass is 10.1. The van der Waals surface area contributed by atoms with E-state index >= 15 is 0 Å². The summed E-state index contributed by atoms with van der Waals surface area (Å²) < 4.78 is 0. The van der Waals surface area contributed by atoms with Gasteiger partial charge in [-0.2, -0.15) is 0 Å². The van der Waals surface area contributed by atoms with E-state index in [9.17, 15) is 9.59 Å². The summed E-state index contributed by atoms with van der Waals surface area (Å²) in [5.41, 5.74) is 1.55. The molecular formula is C13H18N2O2S. The molecule has 1 rings (SSSR count). The van der Waals surface area contributed by atoms with Gasteiger partial charge in [0.25, 0.3) is 11.1 Å². The maximum absolute atomic E-state index is 11.9. The summed E-state index contributed by atoms with van der Waals surface area (Å²) in [4.78, 5) is 24.1. The van der Waals surface area contributed by atoms with Crippen molar-refractivity contribution in [1.82, 2.24) is 10.6 Å². The lowest BCUT2D eigenvalue weighted by Gasteiger charge is -2.09. The van der Waals surface area contributed by atoms with Crippen molar-refractivity contribution in [2.24, 2.45) is 0 Å². The van der Waals surface area contributed by atoms with Gasteiger partial charge in [0.05, 0.1) is 5.56 Å². The van der Waals surface area contributed by atoms with Crippen LogP contribution in [0, 0.1) is 6.92 Å². The van der Waals surface area contributed by atoms with E-state index in [-0.39, 0.29) is 11.1 Å². The third kappa shape index (κ3) is 4.07. The summed E-state index contributed by atoms with van der Waals surface area (Å²) in [7, 11) is 0. The average molecular weight is 266 g/mol. The minimum atomic E-state index is -0.146. The second-order valence-corrected chi connectivity index (χ2v) is 4.79. The standard InChI is InChI=1S/C13H18N2O2S/c1-4-14-12(16)10-8-9(3)6-7-11(10)18-13(17)15-5-2/h6-8H,4-5H2,1-3H3,(H,14,16)(H,15,17). The second-order valence-electron chi connectivity index (χ2n) is 3.78. The van der Waals surface area contributed by atoms with E-state index in [2.05, 4.69) is 10.6 Å². The Bertz CT molecular complexity index is 447. The largest absolute Gasteiger partial charge is 0.352 e. The van der Waals surface area contributed by atoms with E-state index in [1.165, 1.54) is 0 Å². The van der Waals surface area contributed by atoms with Crippen LogP contribution in [0.15, 0.2) is 23.1 Å². The molecule has 4 nitrogen and oxygen atoms in total. The molecule has 0 saturated heterocycles. The van der Waals surface area contributed by atoms with Gasteiger partial charge in [-0.25, -0.2) is 0 Å². The Morgan fingerprint density at radius 3 is 2.44 bits per heavy atom. The topological polar surface area (TPSA) is 58.2 Å². The maximum atomic E-state index is 11.9. The first kappa shape index (κ1) is 14.6. The van der Waals surface area contributed by atoms with Gasteiger partial charge in [0.15, 0.2) is 0 Å². The normalized spacial score (nSPS) is 9.94. The van der Waals surface area contributed by atoms with Gasteiger partial charge in [0, 0.05) is 18.0 Å². The third-order valence-electron chi connectivity index (χ3n) is 2.24. The van der Waals surface area contributed by atoms with Crippen molar-refractivity contribution in [3.8, 4) is 0 Å². The van der Waals surface area contributed by atoms with Crippen molar-refractivity contribution in [2.45, 2.75) is 25.7 Å². The van der Waals surface area contributed by atoms with E-state index in [0.29, 0.717) is 23.5 Å². The summed E-state index contributed by atoms with van der Waals surface area (Å²) >= 11 is 1.05. The number of amides is 2. The zero-order valence-electron chi connectivity index (χ0n) is 10.9. The smallest absolute Gasteiger partial charge is 0.283 e. The van der Waals surface area contributed by atoms with Gasteiger partial charge in [0.1, 0.15) is 0 Å². The Kier molecular flexibility index (Phi) is 5.71. The fraction of sp³-hybridized carbons (Fsp3) is 0.385. The predicted molar refractivity (Wildman–Crippen MR) is 74.1 cm³/mol. The molecule has 5 heteroatoms. The summed E-state index contributed by atoms with van der Waals surface area (Å²) in [6.45, 7) is 6.79. The van der Waals surface area contributed by atoms with Gasteiger partial charge in [-0.1, -0.05) is 11.6 Å². The number of rotatable bonds is 4. The van der Waals surface area contributed by atoms with Crippen molar-refractivity contribution in [2.75, 3.05) is 13.1 Å². The van der Waals surface area contributed by atoms with Crippen molar-refractivity contribution in [3.63, 3.8) is 0 Å². The molecule has 0 spiro atoms. The molecule has 0 aliphatic rings. The second kappa shape index (κ2) is 7.06. The summed E-state index contributed by atoms with van der Waals surface area (Å²) in [6, 6.07) is 5.50. The monoisotopic (exact) mass is 266 g/mol. The fourth-order valence-corrected chi connectivity index (χ4v) is 2.26. The first-order valence-electron chi connectivity index (χ1n) is 5.93. The summed E-state index contributed by atoms with van der Waals surface area (Å²) in [6.07, 6.45) is 0. The molecule has 98 valence electrons. The molecule has 2 amide bonds. The molecule has 1 aromatic carbocycles. The highest BCUT2D eigenvalue weighted by Crippen LogP contribution is 2.24. The highest BCUT2D eigenvalue weighted by molar-refractivity contribution is 8.13. The predicted octanol–water partition coefficient (Wildman–Crippen LogP) is 2.57. The number of thioether (sulfide) groups is 1. The molecule has 0 heterocycles. The van der Waals surface area contributed by atoms with E-state index in [0.717, 1.165) is 17.3 Å². The molecule has 0 aliphatic heterocycles. The molecule has 0 bridgehead atoms. The molecule has 0 aliphatic carbocycles. The first-order valence-corrected chi connectivity index (χ1v) is 6.74. The van der Waals surface area contributed by atoms with Crippen LogP contribution in [0.3, 0.4) is 0 Å². The van der Waals surface area contributed by atoms with Gasteiger partial charge in [-0.15, -0.1) is 0 Å². The molecule has 0 aromatic heterocycles. The lowest BCUT2D eigenvalue weighted by Crippen LogP contribution is -2.24. The van der Waals surface area contributed by atoms with Crippen LogP contribution in [0.2, 0.25) is 0 Å². The SMILES string of the molecule is CCNC(=O)Sc1ccc(C)cc1C(=O)NCC. The molecule has 0 fully saturated rings. The molecule has 18 heavy (non-hydrogen) atoms. The molecule has 0 unspecified atom stereocenters. The van der Waals surface area contributed by atoms with Gasteiger partial charge in [0.2, 0.25) is 0 Å². The Labute approximate surface area is 112 Å². The minimum absolute atomic E-state index is 0.145. The van der Waals surface area contributed by atoms with Gasteiger partial charge in [-0.05, 0) is 44.7 Å². The molecule has 0 atom stereocenters. The highest BCUT2D eigenvalue weighted by atomic mass is 32.2. The van der Waals surface area contributed by atoms with Gasteiger partial charge < -0.3 is 10.6 Å². The number of carbonyl (C=O) groups excluding carboxylic acids is 2. The van der Waals surface area contributed by atoms with Crippen LogP contribution in [-0.2, 0) is 0 Å². The number of carbonyl (C=O) groups is 2. The van der Waals surface area contributed by atoms with Crippen LogP contribution >= 0.6 is 11.8 Å².